The van der Waals surface area contributed by atoms with E-state index in [1.165, 1.54) is 39.4 Å². The summed E-state index contributed by atoms with van der Waals surface area (Å²) in [5, 5.41) is 1.54. The van der Waals surface area contributed by atoms with Crippen LogP contribution in [0.25, 0.3) is 0 Å². The van der Waals surface area contributed by atoms with Crippen LogP contribution in [0.2, 0.25) is 6.04 Å². The Kier molecular flexibility index (Phi) is 5.16. The number of benzene rings is 3. The lowest BCUT2D eigenvalue weighted by atomic mass is 10.1. The average molecular weight is 332 g/mol. The third kappa shape index (κ3) is 3.77. The molecule has 0 saturated carbocycles. The molecule has 3 rings (SSSR count). The molecule has 0 bridgehead atoms. The summed E-state index contributed by atoms with van der Waals surface area (Å²) < 4.78 is 0. The molecular formula is C22H25NSi. The van der Waals surface area contributed by atoms with Gasteiger partial charge in [0.15, 0.2) is 0 Å². The minimum Gasteiger partial charge on any atom is -0.311 e. The van der Waals surface area contributed by atoms with Gasteiger partial charge in [-0.2, -0.15) is 0 Å². The van der Waals surface area contributed by atoms with Crippen LogP contribution in [-0.4, -0.2) is 9.52 Å². The minimum absolute atomic E-state index is 0.0965. The Balaban J connectivity index is 2.04. The Morgan fingerprint density at radius 2 is 1.00 bits per heavy atom. The van der Waals surface area contributed by atoms with Crippen molar-refractivity contribution in [3.8, 4) is 0 Å². The fourth-order valence-electron chi connectivity index (χ4n) is 2.94. The van der Waals surface area contributed by atoms with E-state index in [1.807, 2.05) is 0 Å². The standard InChI is InChI=1S/C22H25NSi/c1-4-24-22-15-13-21(14-16-22)23(19-9-5-17(2)6-10-19)20-11-7-18(3)8-12-20/h5-16H,4,24H2,1-3H3. The summed E-state index contributed by atoms with van der Waals surface area (Å²) in [4.78, 5) is 2.33. The van der Waals surface area contributed by atoms with Crippen LogP contribution in [0.4, 0.5) is 17.1 Å². The Bertz CT molecular complexity index is 728. The molecule has 0 saturated heterocycles. The number of rotatable bonds is 5. The monoisotopic (exact) mass is 331 g/mol. The number of hydrogen-bond donors (Lipinski definition) is 0. The van der Waals surface area contributed by atoms with Crippen molar-refractivity contribution in [3.63, 3.8) is 0 Å². The van der Waals surface area contributed by atoms with Crippen molar-refractivity contribution in [3.05, 3.63) is 83.9 Å². The number of nitrogens with zero attached hydrogens (tertiary/aromatic N) is 1. The molecular weight excluding hydrogens is 306 g/mol. The van der Waals surface area contributed by atoms with E-state index in [0.29, 0.717) is 0 Å². The first-order valence-corrected chi connectivity index (χ1v) is 10.4. The molecule has 122 valence electrons. The molecule has 0 radical (unpaired) electrons. The van der Waals surface area contributed by atoms with Crippen LogP contribution in [0, 0.1) is 13.8 Å². The highest BCUT2D eigenvalue weighted by atomic mass is 28.2. The van der Waals surface area contributed by atoms with E-state index in [9.17, 15) is 0 Å². The van der Waals surface area contributed by atoms with Crippen molar-refractivity contribution < 1.29 is 0 Å². The molecule has 3 aromatic rings. The normalized spacial score (nSPS) is 11.1. The molecule has 0 aromatic heterocycles. The van der Waals surface area contributed by atoms with Crippen LogP contribution in [0.15, 0.2) is 72.8 Å². The SMILES string of the molecule is CC[SiH2]c1ccc(N(c2ccc(C)cc2)c2ccc(C)cc2)cc1. The molecule has 3 aromatic carbocycles. The first-order chi connectivity index (χ1) is 11.7. The summed E-state index contributed by atoms with van der Waals surface area (Å²) >= 11 is 0. The number of aryl methyl sites for hydroxylation is 2. The second kappa shape index (κ2) is 7.50. The number of anilines is 3. The third-order valence-electron chi connectivity index (χ3n) is 4.32. The first kappa shape index (κ1) is 16.5. The van der Waals surface area contributed by atoms with Gasteiger partial charge < -0.3 is 4.90 Å². The van der Waals surface area contributed by atoms with Gasteiger partial charge >= 0.3 is 0 Å². The highest BCUT2D eigenvalue weighted by Crippen LogP contribution is 2.34. The zero-order valence-corrected chi connectivity index (χ0v) is 16.2. The smallest absolute Gasteiger partial charge is 0.0544 e. The van der Waals surface area contributed by atoms with E-state index in [0.717, 1.165) is 0 Å². The van der Waals surface area contributed by atoms with E-state index in [-0.39, 0.29) is 9.52 Å². The molecule has 0 N–H and O–H groups in total. The Labute approximate surface area is 147 Å². The topological polar surface area (TPSA) is 3.24 Å². The Morgan fingerprint density at radius 1 is 0.625 bits per heavy atom. The van der Waals surface area contributed by atoms with Crippen molar-refractivity contribution in [1.29, 1.82) is 0 Å². The predicted molar refractivity (Wildman–Crippen MR) is 109 cm³/mol. The summed E-state index contributed by atoms with van der Waals surface area (Å²) in [7, 11) is -0.0965. The van der Waals surface area contributed by atoms with E-state index >= 15 is 0 Å². The number of hydrogen-bond acceptors (Lipinski definition) is 1. The fraction of sp³-hybridized carbons (Fsp3) is 0.182. The quantitative estimate of drug-likeness (QED) is 0.594. The molecule has 0 spiro atoms. The third-order valence-corrected chi connectivity index (χ3v) is 5.87. The Hall–Kier alpha value is -2.32. The van der Waals surface area contributed by atoms with E-state index in [4.69, 9.17) is 0 Å². The van der Waals surface area contributed by atoms with Crippen molar-refractivity contribution in [1.82, 2.24) is 0 Å². The van der Waals surface area contributed by atoms with Crippen LogP contribution >= 0.6 is 0 Å². The van der Waals surface area contributed by atoms with Crippen LogP contribution in [0.3, 0.4) is 0 Å². The van der Waals surface area contributed by atoms with Gasteiger partial charge in [0.1, 0.15) is 0 Å². The maximum absolute atomic E-state index is 2.33. The molecule has 0 atom stereocenters. The lowest BCUT2D eigenvalue weighted by Gasteiger charge is -2.26. The van der Waals surface area contributed by atoms with Crippen molar-refractivity contribution in [2.45, 2.75) is 26.8 Å². The highest BCUT2D eigenvalue weighted by Gasteiger charge is 2.12. The van der Waals surface area contributed by atoms with Crippen LogP contribution in [0.1, 0.15) is 18.1 Å². The van der Waals surface area contributed by atoms with Crippen molar-refractivity contribution >= 4 is 31.8 Å². The average Bonchev–Trinajstić information content (AvgIpc) is 2.60. The van der Waals surface area contributed by atoms with Gasteiger partial charge in [0.2, 0.25) is 0 Å². The van der Waals surface area contributed by atoms with Crippen molar-refractivity contribution in [2.24, 2.45) is 0 Å². The lowest BCUT2D eigenvalue weighted by Crippen LogP contribution is -2.14. The van der Waals surface area contributed by atoms with Gasteiger partial charge in [0.05, 0.1) is 9.52 Å². The van der Waals surface area contributed by atoms with Gasteiger partial charge in [-0.25, -0.2) is 0 Å². The summed E-state index contributed by atoms with van der Waals surface area (Å²) in [6.07, 6.45) is 0. The maximum atomic E-state index is 2.33. The minimum atomic E-state index is -0.0965. The predicted octanol–water partition coefficient (Wildman–Crippen LogP) is 5.01. The zero-order chi connectivity index (χ0) is 16.9. The molecule has 0 aliphatic rings. The van der Waals surface area contributed by atoms with E-state index in [2.05, 4.69) is 98.5 Å². The van der Waals surface area contributed by atoms with Crippen molar-refractivity contribution in [2.75, 3.05) is 4.90 Å². The molecule has 2 heteroatoms. The zero-order valence-electron chi connectivity index (χ0n) is 14.8. The second-order valence-electron chi connectivity index (χ2n) is 6.42. The van der Waals surface area contributed by atoms with E-state index in [1.54, 1.807) is 0 Å². The highest BCUT2D eigenvalue weighted by molar-refractivity contribution is 6.53. The summed E-state index contributed by atoms with van der Waals surface area (Å²) in [6, 6.07) is 27.9. The molecule has 0 fully saturated rings. The molecule has 1 nitrogen and oxygen atoms in total. The van der Waals surface area contributed by atoms with Gasteiger partial charge in [-0.3, -0.25) is 0 Å². The van der Waals surface area contributed by atoms with Crippen LogP contribution < -0.4 is 10.1 Å². The fourth-order valence-corrected chi connectivity index (χ4v) is 4.08. The molecule has 0 amide bonds. The summed E-state index contributed by atoms with van der Waals surface area (Å²) in [6.45, 7) is 6.54. The molecule has 0 heterocycles. The summed E-state index contributed by atoms with van der Waals surface area (Å²) in [5.74, 6) is 0. The molecule has 0 unspecified atom stereocenters. The van der Waals surface area contributed by atoms with Crippen LogP contribution in [-0.2, 0) is 0 Å². The van der Waals surface area contributed by atoms with Gasteiger partial charge in [-0.15, -0.1) is 0 Å². The van der Waals surface area contributed by atoms with E-state index < -0.39 is 0 Å². The Morgan fingerprint density at radius 3 is 1.38 bits per heavy atom. The molecule has 24 heavy (non-hydrogen) atoms. The van der Waals surface area contributed by atoms with Crippen LogP contribution in [0.5, 0.6) is 0 Å². The summed E-state index contributed by atoms with van der Waals surface area (Å²) in [5.41, 5.74) is 6.19. The molecule has 0 aliphatic heterocycles. The van der Waals surface area contributed by atoms with Gasteiger partial charge in [-0.05, 0) is 50.2 Å². The van der Waals surface area contributed by atoms with Gasteiger partial charge in [0, 0.05) is 17.1 Å². The van der Waals surface area contributed by atoms with Gasteiger partial charge in [-0.1, -0.05) is 65.7 Å². The first-order valence-electron chi connectivity index (χ1n) is 8.70. The van der Waals surface area contributed by atoms with Gasteiger partial charge in [0.25, 0.3) is 0 Å². The largest absolute Gasteiger partial charge is 0.311 e. The molecule has 0 aliphatic carbocycles. The lowest BCUT2D eigenvalue weighted by molar-refractivity contribution is 1.27. The second-order valence-corrected chi connectivity index (χ2v) is 8.74. The maximum Gasteiger partial charge on any atom is 0.0544 e.